The molecule has 24 heteroatoms. The second-order valence-corrected chi connectivity index (χ2v) is 33.3. The Bertz CT molecular complexity index is 4740. The number of rotatable bonds is 72. The number of benzene rings is 13. The van der Waals surface area contributed by atoms with Gasteiger partial charge in [0, 0.05) is 42.7 Å². The van der Waals surface area contributed by atoms with Gasteiger partial charge in [0.25, 0.3) is 0 Å². The van der Waals surface area contributed by atoms with Crippen molar-refractivity contribution in [1.82, 2.24) is 0 Å². The van der Waals surface area contributed by atoms with Crippen LogP contribution in [0.1, 0.15) is 0 Å². The Balaban J connectivity index is 0.974. The quantitative estimate of drug-likeness (QED) is 0.0323. The average molecular weight is 1960 g/mol. The zero-order chi connectivity index (χ0) is 99.7. The summed E-state index contributed by atoms with van der Waals surface area (Å²) in [7, 11) is 9.95. The lowest BCUT2D eigenvalue weighted by Gasteiger charge is -2.29. The van der Waals surface area contributed by atoms with Gasteiger partial charge < -0.3 is 114 Å². The van der Waals surface area contributed by atoms with E-state index in [1.165, 1.54) is 0 Å². The first-order valence-electron chi connectivity index (χ1n) is 49.4. The van der Waals surface area contributed by atoms with Crippen molar-refractivity contribution in [2.75, 3.05) is 281 Å². The smallest absolute Gasteiger partial charge is 0.119 e. The Morgan fingerprint density at radius 1 is 0.0972 bits per heavy atom. The lowest BCUT2D eigenvalue weighted by atomic mass is 9.73. The highest BCUT2D eigenvalue weighted by Crippen LogP contribution is 2.57. The predicted molar refractivity (Wildman–Crippen MR) is 566 cm³/mol. The maximum atomic E-state index is 6.24. The highest BCUT2D eigenvalue weighted by atomic mass is 16.6. The minimum Gasteiger partial charge on any atom is -0.491 e. The molecule has 0 N–H and O–H groups in total. The second kappa shape index (κ2) is 63.9. The van der Waals surface area contributed by atoms with Gasteiger partial charge in [0.2, 0.25) is 0 Å². The largest absolute Gasteiger partial charge is 0.491 e. The third-order valence-electron chi connectivity index (χ3n) is 23.5. The number of ether oxygens (including phenoxy) is 24. The van der Waals surface area contributed by atoms with Gasteiger partial charge in [0.1, 0.15) is 74.1 Å². The molecule has 0 aliphatic carbocycles. The SMILES string of the molecule is COCCOCCOCCOc1ccc(-c2ccc(-c3c(-c4ccc(-c5ccc(OCCOCCOCCOC)cc5)cc4)c(-c4ccc(-c5ccc(OCCOCCOCCOC)cc5)cc4)c(-c4ccc(-c5ccc(OCCOCCOCCOC)cc5)cc4)c(-c4ccc(-c5ccc(OCCOCCOCCOC)cc5)cc4)c3-c3ccc(-c4ccc(OCCOCCOCCOC)cc4)cc3)cc2)cc1. The summed E-state index contributed by atoms with van der Waals surface area (Å²) in [5.74, 6) is 4.42. The van der Waals surface area contributed by atoms with Gasteiger partial charge in [0.05, 0.1) is 198 Å². The molecule has 0 bridgehead atoms. The van der Waals surface area contributed by atoms with E-state index in [9.17, 15) is 0 Å². The van der Waals surface area contributed by atoms with Gasteiger partial charge in [-0.05, 0) is 206 Å². The molecule has 0 aliphatic rings. The average Bonchev–Trinajstić information content (AvgIpc) is 0.711. The fourth-order valence-electron chi connectivity index (χ4n) is 16.0. The summed E-state index contributed by atoms with van der Waals surface area (Å²) >= 11 is 0. The first-order chi connectivity index (χ1) is 71.3. The monoisotopic (exact) mass is 1960 g/mol. The summed E-state index contributed by atoms with van der Waals surface area (Å²) < 4.78 is 137. The van der Waals surface area contributed by atoms with E-state index in [-0.39, 0.29) is 0 Å². The summed E-state index contributed by atoms with van der Waals surface area (Å²) in [5, 5.41) is 0. The van der Waals surface area contributed by atoms with Crippen molar-refractivity contribution in [3.05, 3.63) is 291 Å². The van der Waals surface area contributed by atoms with Crippen LogP contribution in [-0.2, 0) is 85.3 Å². The summed E-state index contributed by atoms with van der Waals surface area (Å²) in [6.07, 6.45) is 0. The van der Waals surface area contributed by atoms with E-state index in [4.69, 9.17) is 114 Å². The standard InChI is InChI=1S/C120H138O24/c1-121-55-61-127-67-73-133-79-85-139-109-43-31-97(32-44-109)91-7-19-103(20-8-91)115-116(104-21-9-92(10-22-104)98-33-45-110(46-34-98)140-86-80-134-74-68-128-62-56-122-2)118(106-25-13-94(14-26-106)100-37-49-112(50-38-100)142-88-82-136-76-70-130-64-58-124-4)120(108-29-17-96(18-30-108)102-41-53-114(54-42-102)144-90-84-138-78-72-132-66-60-126-6)119(107-27-15-95(16-28-107)101-39-51-113(52-40-101)143-89-83-137-77-71-131-65-59-125-5)117(115)105-23-11-93(12-24-105)99-35-47-111(48-36-99)141-87-81-135-75-69-129-63-57-123-3/h7-54H,55-90H2,1-6H3. The van der Waals surface area contributed by atoms with Crippen LogP contribution in [0, 0.1) is 0 Å². The molecule has 0 fully saturated rings. The van der Waals surface area contributed by atoms with Gasteiger partial charge in [0.15, 0.2) is 0 Å². The molecule has 0 heterocycles. The van der Waals surface area contributed by atoms with Crippen LogP contribution >= 0.6 is 0 Å². The van der Waals surface area contributed by atoms with Gasteiger partial charge in [-0.25, -0.2) is 0 Å². The zero-order valence-electron chi connectivity index (χ0n) is 84.0. The van der Waals surface area contributed by atoms with Gasteiger partial charge in [-0.15, -0.1) is 0 Å². The molecule has 13 aromatic carbocycles. The van der Waals surface area contributed by atoms with Crippen LogP contribution in [0.4, 0.5) is 0 Å². The first-order valence-corrected chi connectivity index (χ1v) is 49.4. The lowest BCUT2D eigenvalue weighted by Crippen LogP contribution is -2.12. The molecular formula is C120H138O24. The Morgan fingerprint density at radius 3 is 0.285 bits per heavy atom. The first kappa shape index (κ1) is 109. The molecule has 0 aliphatic heterocycles. The lowest BCUT2D eigenvalue weighted by molar-refractivity contribution is 0.0180. The van der Waals surface area contributed by atoms with Gasteiger partial charge in [-0.1, -0.05) is 218 Å². The Labute approximate surface area is 848 Å². The number of hydrogen-bond acceptors (Lipinski definition) is 24. The molecule has 0 spiro atoms. The maximum Gasteiger partial charge on any atom is 0.119 e. The molecule has 0 saturated carbocycles. The Kier molecular flexibility index (Phi) is 48.5. The topological polar surface area (TPSA) is 222 Å². The molecule has 0 unspecified atom stereocenters. The summed E-state index contributed by atoms with van der Waals surface area (Å²) in [6, 6.07) is 104. The number of methoxy groups -OCH3 is 6. The number of hydrogen-bond donors (Lipinski definition) is 0. The molecule has 0 aromatic heterocycles. The van der Waals surface area contributed by atoms with Crippen molar-refractivity contribution < 1.29 is 114 Å². The predicted octanol–water partition coefficient (Wildman–Crippen LogP) is 22.0. The van der Waals surface area contributed by atoms with Crippen LogP contribution in [-0.4, -0.2) is 281 Å². The van der Waals surface area contributed by atoms with E-state index in [0.717, 1.165) is 168 Å². The maximum absolute atomic E-state index is 6.24. The normalized spacial score (nSPS) is 11.4. The minimum absolute atomic E-state index is 0.382. The van der Waals surface area contributed by atoms with E-state index >= 15 is 0 Å². The van der Waals surface area contributed by atoms with E-state index in [1.54, 1.807) is 42.7 Å². The fraction of sp³-hybridized carbons (Fsp3) is 0.350. The highest BCUT2D eigenvalue weighted by molar-refractivity contribution is 6.15. The third kappa shape index (κ3) is 35.7. The van der Waals surface area contributed by atoms with Gasteiger partial charge >= 0.3 is 0 Å². The van der Waals surface area contributed by atoms with E-state index in [1.807, 2.05) is 72.8 Å². The van der Waals surface area contributed by atoms with Crippen LogP contribution in [0.2, 0.25) is 0 Å². The Hall–Kier alpha value is -12.1. The molecule has 0 radical (unpaired) electrons. The van der Waals surface area contributed by atoms with Crippen molar-refractivity contribution in [3.63, 3.8) is 0 Å². The fourth-order valence-corrected chi connectivity index (χ4v) is 16.0. The molecule has 144 heavy (non-hydrogen) atoms. The van der Waals surface area contributed by atoms with E-state index in [0.29, 0.717) is 238 Å². The van der Waals surface area contributed by atoms with E-state index < -0.39 is 0 Å². The minimum atomic E-state index is 0.382. The highest BCUT2D eigenvalue weighted by Gasteiger charge is 2.31. The molecule has 13 aromatic rings. The van der Waals surface area contributed by atoms with Gasteiger partial charge in [-0.2, -0.15) is 0 Å². The molecule has 0 amide bonds. The van der Waals surface area contributed by atoms with Crippen LogP contribution < -0.4 is 28.4 Å². The molecular weight excluding hydrogens is 1830 g/mol. The molecule has 13 rings (SSSR count). The molecule has 762 valence electrons. The van der Waals surface area contributed by atoms with Crippen LogP contribution in [0.25, 0.3) is 134 Å². The second-order valence-electron chi connectivity index (χ2n) is 33.3. The van der Waals surface area contributed by atoms with Crippen LogP contribution in [0.15, 0.2) is 291 Å². The van der Waals surface area contributed by atoms with Crippen LogP contribution in [0.5, 0.6) is 34.5 Å². The van der Waals surface area contributed by atoms with Crippen molar-refractivity contribution >= 4 is 0 Å². The van der Waals surface area contributed by atoms with Crippen molar-refractivity contribution in [1.29, 1.82) is 0 Å². The molecule has 0 atom stereocenters. The van der Waals surface area contributed by atoms with Crippen molar-refractivity contribution in [3.8, 4) is 168 Å². The third-order valence-corrected chi connectivity index (χ3v) is 23.5. The summed E-state index contributed by atoms with van der Waals surface area (Å²) in [6.45, 7) is 16.7. The van der Waals surface area contributed by atoms with Crippen LogP contribution in [0.3, 0.4) is 0 Å². The summed E-state index contributed by atoms with van der Waals surface area (Å²) in [4.78, 5) is 0. The molecule has 0 saturated heterocycles. The zero-order valence-corrected chi connectivity index (χ0v) is 84.0. The Morgan fingerprint density at radius 2 is 0.181 bits per heavy atom. The van der Waals surface area contributed by atoms with Gasteiger partial charge in [-0.3, -0.25) is 0 Å². The van der Waals surface area contributed by atoms with Crippen molar-refractivity contribution in [2.24, 2.45) is 0 Å². The van der Waals surface area contributed by atoms with E-state index in [2.05, 4.69) is 218 Å². The summed E-state index contributed by atoms with van der Waals surface area (Å²) in [5.41, 5.74) is 24.2. The van der Waals surface area contributed by atoms with Crippen molar-refractivity contribution in [2.45, 2.75) is 0 Å². The molecule has 24 nitrogen and oxygen atoms in total.